The zero-order valence-corrected chi connectivity index (χ0v) is 12.2. The molecule has 19 heavy (non-hydrogen) atoms. The summed E-state index contributed by atoms with van der Waals surface area (Å²) >= 11 is 5.86. The highest BCUT2D eigenvalue weighted by Crippen LogP contribution is 2.09. The lowest BCUT2D eigenvalue weighted by atomic mass is 10.2. The topological polar surface area (TPSA) is 51.2 Å². The lowest BCUT2D eigenvalue weighted by Gasteiger charge is -2.18. The van der Waals surface area contributed by atoms with Crippen molar-refractivity contribution in [2.24, 2.45) is 0 Å². The van der Waals surface area contributed by atoms with Crippen LogP contribution in [0.5, 0.6) is 0 Å². The Bertz CT molecular complexity index is 453. The largest absolute Gasteiger partial charge is 0.444 e. The Morgan fingerprint density at radius 2 is 2.26 bits per heavy atom. The van der Waals surface area contributed by atoms with E-state index in [2.05, 4.69) is 10.3 Å². The third kappa shape index (κ3) is 7.47. The minimum atomic E-state index is -0.484. The Kier molecular flexibility index (Phi) is 5.83. The van der Waals surface area contributed by atoms with Crippen LogP contribution in [0, 0.1) is 0 Å². The van der Waals surface area contributed by atoms with Crippen LogP contribution in [-0.4, -0.2) is 16.7 Å². The number of carbonyl (C=O) groups is 1. The number of amides is 1. The van der Waals surface area contributed by atoms with Crippen molar-refractivity contribution in [3.8, 4) is 0 Å². The minimum Gasteiger partial charge on any atom is -0.444 e. The maximum Gasteiger partial charge on any atom is 0.411 e. The molecule has 0 aliphatic carbocycles. The molecule has 0 spiro atoms. The summed E-state index contributed by atoms with van der Waals surface area (Å²) in [5, 5.41) is 3.23. The third-order valence-electron chi connectivity index (χ3n) is 2.06. The molecule has 0 fully saturated rings. The number of aryl methyl sites for hydroxylation is 1. The van der Waals surface area contributed by atoms with Gasteiger partial charge in [0.15, 0.2) is 0 Å². The average Bonchev–Trinajstić information content (AvgIpc) is 2.26. The van der Waals surface area contributed by atoms with Gasteiger partial charge in [0.05, 0.1) is 0 Å². The van der Waals surface area contributed by atoms with Gasteiger partial charge in [0.2, 0.25) is 0 Å². The van der Waals surface area contributed by atoms with E-state index in [9.17, 15) is 4.79 Å². The van der Waals surface area contributed by atoms with Crippen molar-refractivity contribution in [1.29, 1.82) is 0 Å². The van der Waals surface area contributed by atoms with Crippen LogP contribution < -0.4 is 5.32 Å². The van der Waals surface area contributed by atoms with Crippen molar-refractivity contribution >= 4 is 17.7 Å². The zero-order valence-electron chi connectivity index (χ0n) is 11.4. The Labute approximate surface area is 118 Å². The van der Waals surface area contributed by atoms with Gasteiger partial charge in [0.25, 0.3) is 0 Å². The van der Waals surface area contributed by atoms with Crippen LogP contribution in [0.3, 0.4) is 0 Å². The minimum absolute atomic E-state index is 0.454. The number of halogens is 1. The standard InChI is InChI=1S/C14H19ClN2O2/c1-14(2,3)19-13(18)17-8-5-4-6-12-10-11(15)7-9-16-12/h5,7-10H,4,6H2,1-3H3,(H,17,18)/b8-5+. The second kappa shape index (κ2) is 7.14. The zero-order chi connectivity index (χ0) is 14.3. The van der Waals surface area contributed by atoms with Crippen molar-refractivity contribution in [1.82, 2.24) is 10.3 Å². The van der Waals surface area contributed by atoms with Crippen LogP contribution in [0.15, 0.2) is 30.6 Å². The summed E-state index contributed by atoms with van der Waals surface area (Å²) in [6.07, 6.45) is 6.20. The molecule has 5 heteroatoms. The molecule has 0 aliphatic heterocycles. The number of nitrogens with one attached hydrogen (secondary N) is 1. The van der Waals surface area contributed by atoms with E-state index in [0.717, 1.165) is 18.5 Å². The molecule has 1 aromatic heterocycles. The summed E-state index contributed by atoms with van der Waals surface area (Å²) in [7, 11) is 0. The number of alkyl carbamates (subject to hydrolysis) is 1. The predicted octanol–water partition coefficient (Wildman–Crippen LogP) is 3.71. The third-order valence-corrected chi connectivity index (χ3v) is 2.30. The number of rotatable bonds is 4. The predicted molar refractivity (Wildman–Crippen MR) is 76.1 cm³/mol. The van der Waals surface area contributed by atoms with Crippen LogP contribution >= 0.6 is 11.6 Å². The van der Waals surface area contributed by atoms with Gasteiger partial charge in [-0.15, -0.1) is 0 Å². The highest BCUT2D eigenvalue weighted by Gasteiger charge is 2.14. The van der Waals surface area contributed by atoms with Crippen LogP contribution in [0.25, 0.3) is 0 Å². The van der Waals surface area contributed by atoms with Crippen LogP contribution in [0.1, 0.15) is 32.9 Å². The highest BCUT2D eigenvalue weighted by molar-refractivity contribution is 6.30. The van der Waals surface area contributed by atoms with Gasteiger partial charge in [-0.3, -0.25) is 10.3 Å². The number of aromatic nitrogens is 1. The fourth-order valence-corrected chi connectivity index (χ4v) is 1.52. The first kappa shape index (κ1) is 15.5. The van der Waals surface area contributed by atoms with E-state index in [1.54, 1.807) is 18.5 Å². The molecule has 0 bridgehead atoms. The Balaban J connectivity index is 2.26. The summed E-state index contributed by atoms with van der Waals surface area (Å²) < 4.78 is 5.09. The summed E-state index contributed by atoms with van der Waals surface area (Å²) in [5.41, 5.74) is 0.442. The first-order valence-corrected chi connectivity index (χ1v) is 6.49. The summed E-state index contributed by atoms with van der Waals surface area (Å²) in [6, 6.07) is 3.57. The molecular formula is C14H19ClN2O2. The van der Waals surface area contributed by atoms with Crippen molar-refractivity contribution in [2.75, 3.05) is 0 Å². The fraction of sp³-hybridized carbons (Fsp3) is 0.429. The Morgan fingerprint density at radius 3 is 2.89 bits per heavy atom. The lowest BCUT2D eigenvalue weighted by Crippen LogP contribution is -2.29. The van der Waals surface area contributed by atoms with Gasteiger partial charge < -0.3 is 4.74 Å². The second-order valence-electron chi connectivity index (χ2n) is 5.05. The molecule has 0 radical (unpaired) electrons. The van der Waals surface area contributed by atoms with Crippen LogP contribution in [0.2, 0.25) is 5.02 Å². The van der Waals surface area contributed by atoms with E-state index in [1.807, 2.05) is 32.9 Å². The first-order chi connectivity index (χ1) is 8.87. The summed E-state index contributed by atoms with van der Waals surface area (Å²) in [4.78, 5) is 15.5. The van der Waals surface area contributed by atoms with Crippen LogP contribution in [-0.2, 0) is 11.2 Å². The Hall–Kier alpha value is -1.55. The average molecular weight is 283 g/mol. The fourth-order valence-electron chi connectivity index (χ4n) is 1.33. The van der Waals surface area contributed by atoms with Gasteiger partial charge in [0, 0.05) is 23.1 Å². The molecular weight excluding hydrogens is 264 g/mol. The van der Waals surface area contributed by atoms with E-state index in [4.69, 9.17) is 16.3 Å². The van der Waals surface area contributed by atoms with Gasteiger partial charge in [0.1, 0.15) is 5.60 Å². The van der Waals surface area contributed by atoms with Crippen molar-refractivity contribution in [3.05, 3.63) is 41.3 Å². The molecule has 104 valence electrons. The SMILES string of the molecule is CC(C)(C)OC(=O)N/C=C/CCc1cc(Cl)ccn1. The molecule has 1 N–H and O–H groups in total. The quantitative estimate of drug-likeness (QED) is 0.916. The van der Waals surface area contributed by atoms with E-state index in [0.29, 0.717) is 5.02 Å². The number of carbonyl (C=O) groups excluding carboxylic acids is 1. The number of allylic oxidation sites excluding steroid dienone is 1. The number of hydrogen-bond donors (Lipinski definition) is 1. The number of ether oxygens (including phenoxy) is 1. The number of nitrogens with zero attached hydrogens (tertiary/aromatic N) is 1. The molecule has 4 nitrogen and oxygen atoms in total. The smallest absolute Gasteiger partial charge is 0.411 e. The van der Waals surface area contributed by atoms with Crippen molar-refractivity contribution in [2.45, 2.75) is 39.2 Å². The molecule has 0 saturated carbocycles. The molecule has 0 aliphatic rings. The normalized spacial score (nSPS) is 11.6. The monoisotopic (exact) mass is 282 g/mol. The maximum absolute atomic E-state index is 11.3. The molecule has 1 amide bonds. The van der Waals surface area contributed by atoms with Crippen molar-refractivity contribution < 1.29 is 9.53 Å². The molecule has 0 aromatic carbocycles. The molecule has 0 unspecified atom stereocenters. The summed E-state index contributed by atoms with van der Waals surface area (Å²) in [6.45, 7) is 5.46. The molecule has 0 saturated heterocycles. The molecule has 1 heterocycles. The van der Waals surface area contributed by atoms with Gasteiger partial charge in [-0.05, 0) is 45.7 Å². The maximum atomic E-state index is 11.3. The van der Waals surface area contributed by atoms with Gasteiger partial charge in [-0.25, -0.2) is 4.79 Å². The van der Waals surface area contributed by atoms with Crippen molar-refractivity contribution in [3.63, 3.8) is 0 Å². The van der Waals surface area contributed by atoms with Gasteiger partial charge in [-0.1, -0.05) is 17.7 Å². The molecule has 0 atom stereocenters. The van der Waals surface area contributed by atoms with Gasteiger partial charge >= 0.3 is 6.09 Å². The number of hydrogen-bond acceptors (Lipinski definition) is 3. The molecule has 1 rings (SSSR count). The lowest BCUT2D eigenvalue weighted by molar-refractivity contribution is 0.0552. The van der Waals surface area contributed by atoms with E-state index in [1.165, 1.54) is 0 Å². The molecule has 1 aromatic rings. The van der Waals surface area contributed by atoms with E-state index in [-0.39, 0.29) is 0 Å². The first-order valence-electron chi connectivity index (χ1n) is 6.12. The number of pyridine rings is 1. The summed E-state index contributed by atoms with van der Waals surface area (Å²) in [5.74, 6) is 0. The van der Waals surface area contributed by atoms with Gasteiger partial charge in [-0.2, -0.15) is 0 Å². The van der Waals surface area contributed by atoms with E-state index >= 15 is 0 Å². The second-order valence-corrected chi connectivity index (χ2v) is 5.49. The highest BCUT2D eigenvalue weighted by atomic mass is 35.5. The van der Waals surface area contributed by atoms with E-state index < -0.39 is 11.7 Å². The Morgan fingerprint density at radius 1 is 1.53 bits per heavy atom. The van der Waals surface area contributed by atoms with Crippen LogP contribution in [0.4, 0.5) is 4.79 Å².